The first-order chi connectivity index (χ1) is 14.3. The van der Waals surface area contributed by atoms with Gasteiger partial charge in [-0.1, -0.05) is 43.1 Å². The summed E-state index contributed by atoms with van der Waals surface area (Å²) >= 11 is 6.16. The molecule has 30 heavy (non-hydrogen) atoms. The van der Waals surface area contributed by atoms with Crippen molar-refractivity contribution in [2.24, 2.45) is 0 Å². The summed E-state index contributed by atoms with van der Waals surface area (Å²) in [5.41, 5.74) is 0.844. The van der Waals surface area contributed by atoms with Crippen LogP contribution in [-0.4, -0.2) is 34.6 Å². The highest BCUT2D eigenvalue weighted by molar-refractivity contribution is 7.89. The average molecular weight is 455 g/mol. The van der Waals surface area contributed by atoms with Crippen LogP contribution in [0.5, 0.6) is 11.5 Å². The van der Waals surface area contributed by atoms with E-state index in [0.29, 0.717) is 12.3 Å². The minimum absolute atomic E-state index is 0.0465. The minimum atomic E-state index is -3.64. The maximum atomic E-state index is 12.3. The van der Waals surface area contributed by atoms with E-state index in [2.05, 4.69) is 10.0 Å². The van der Waals surface area contributed by atoms with Gasteiger partial charge in [0.05, 0.1) is 23.1 Å². The van der Waals surface area contributed by atoms with Gasteiger partial charge in [0.25, 0.3) is 5.91 Å². The lowest BCUT2D eigenvalue weighted by Crippen LogP contribution is -2.31. The molecular weight excluding hydrogens is 428 g/mol. The highest BCUT2D eigenvalue weighted by atomic mass is 35.5. The Kier molecular flexibility index (Phi) is 8.95. The summed E-state index contributed by atoms with van der Waals surface area (Å²) in [6.07, 6.45) is 1.63. The van der Waals surface area contributed by atoms with Crippen LogP contribution in [0.3, 0.4) is 0 Å². The Hall–Kier alpha value is -2.29. The van der Waals surface area contributed by atoms with Crippen molar-refractivity contribution < 1.29 is 22.7 Å². The van der Waals surface area contributed by atoms with E-state index in [-0.39, 0.29) is 34.2 Å². The standard InChI is InChI=1S/C21H27ClN2O5S/c1-4-5-12-23-30(26,27)16-10-11-20(18(22)13-16)29-14-21(25)24-15(2)17-8-6-7-9-19(17)28-3/h6-11,13,15,23H,4-5,12,14H2,1-3H3,(H,24,25). The number of methoxy groups -OCH3 is 1. The van der Waals surface area contributed by atoms with Crippen molar-refractivity contribution in [2.45, 2.75) is 37.6 Å². The summed E-state index contributed by atoms with van der Waals surface area (Å²) in [6, 6.07) is 11.3. The lowest BCUT2D eigenvalue weighted by Gasteiger charge is -2.17. The number of halogens is 1. The normalized spacial score (nSPS) is 12.3. The molecule has 164 valence electrons. The third kappa shape index (κ3) is 6.62. The van der Waals surface area contributed by atoms with Gasteiger partial charge in [0.1, 0.15) is 11.5 Å². The first-order valence-corrected chi connectivity index (χ1v) is 11.5. The first kappa shape index (κ1) is 24.0. The molecule has 0 saturated carbocycles. The van der Waals surface area contributed by atoms with Gasteiger partial charge in [0.15, 0.2) is 6.61 Å². The molecule has 7 nitrogen and oxygen atoms in total. The molecule has 0 spiro atoms. The van der Waals surface area contributed by atoms with Crippen LogP contribution in [0.1, 0.15) is 38.3 Å². The van der Waals surface area contributed by atoms with Crippen molar-refractivity contribution in [3.63, 3.8) is 0 Å². The molecular formula is C21H27ClN2O5S. The number of rotatable bonds is 11. The van der Waals surface area contributed by atoms with Crippen LogP contribution in [0.2, 0.25) is 5.02 Å². The predicted molar refractivity (Wildman–Crippen MR) is 117 cm³/mol. The Morgan fingerprint density at radius 3 is 2.57 bits per heavy atom. The van der Waals surface area contributed by atoms with Crippen molar-refractivity contribution >= 4 is 27.5 Å². The topological polar surface area (TPSA) is 93.7 Å². The molecule has 0 heterocycles. The van der Waals surface area contributed by atoms with Gasteiger partial charge in [0, 0.05) is 12.1 Å². The second kappa shape index (κ2) is 11.2. The Morgan fingerprint density at radius 1 is 1.17 bits per heavy atom. The van der Waals surface area contributed by atoms with Gasteiger partial charge < -0.3 is 14.8 Å². The molecule has 0 aliphatic carbocycles. The fourth-order valence-corrected chi connectivity index (χ4v) is 4.16. The zero-order chi connectivity index (χ0) is 22.1. The van der Waals surface area contributed by atoms with Crippen molar-refractivity contribution in [3.05, 3.63) is 53.1 Å². The zero-order valence-electron chi connectivity index (χ0n) is 17.3. The molecule has 9 heteroatoms. The number of carbonyl (C=O) groups is 1. The molecule has 0 aliphatic rings. The van der Waals surface area contributed by atoms with Gasteiger partial charge in [-0.15, -0.1) is 0 Å². The van der Waals surface area contributed by atoms with Crippen molar-refractivity contribution in [1.29, 1.82) is 0 Å². The van der Waals surface area contributed by atoms with Crippen LogP contribution in [0.15, 0.2) is 47.4 Å². The van der Waals surface area contributed by atoms with Crippen LogP contribution in [-0.2, 0) is 14.8 Å². The number of carbonyl (C=O) groups excluding carboxylic acids is 1. The molecule has 2 aromatic rings. The summed E-state index contributed by atoms with van der Waals surface area (Å²) in [5, 5.41) is 2.94. The van der Waals surface area contributed by atoms with Crippen molar-refractivity contribution in [2.75, 3.05) is 20.3 Å². The van der Waals surface area contributed by atoms with E-state index < -0.39 is 10.0 Å². The number of nitrogens with one attached hydrogen (secondary N) is 2. The molecule has 0 aromatic heterocycles. The summed E-state index contributed by atoms with van der Waals surface area (Å²) < 4.78 is 37.8. The highest BCUT2D eigenvalue weighted by Gasteiger charge is 2.17. The van der Waals surface area contributed by atoms with E-state index in [1.807, 2.05) is 38.1 Å². The number of hydrogen-bond acceptors (Lipinski definition) is 5. The number of para-hydroxylation sites is 1. The molecule has 1 unspecified atom stereocenters. The Bertz CT molecular complexity index is 966. The van der Waals surface area contributed by atoms with E-state index in [1.54, 1.807) is 7.11 Å². The van der Waals surface area contributed by atoms with E-state index in [0.717, 1.165) is 18.4 Å². The maximum absolute atomic E-state index is 12.3. The number of benzene rings is 2. The number of sulfonamides is 1. The lowest BCUT2D eigenvalue weighted by molar-refractivity contribution is -0.123. The second-order valence-electron chi connectivity index (χ2n) is 6.66. The molecule has 0 aliphatic heterocycles. The van der Waals surface area contributed by atoms with Crippen molar-refractivity contribution in [1.82, 2.24) is 10.0 Å². The number of amides is 1. The Labute approximate surface area is 182 Å². The maximum Gasteiger partial charge on any atom is 0.258 e. The van der Waals surface area contributed by atoms with E-state index in [4.69, 9.17) is 21.1 Å². The molecule has 2 aromatic carbocycles. The van der Waals surface area contributed by atoms with Gasteiger partial charge in [0.2, 0.25) is 10.0 Å². The van der Waals surface area contributed by atoms with E-state index in [1.165, 1.54) is 18.2 Å². The molecule has 2 rings (SSSR count). The molecule has 0 fully saturated rings. The van der Waals surface area contributed by atoms with Gasteiger partial charge in [-0.05, 0) is 37.6 Å². The second-order valence-corrected chi connectivity index (χ2v) is 8.84. The Morgan fingerprint density at radius 2 is 1.90 bits per heavy atom. The monoisotopic (exact) mass is 454 g/mol. The minimum Gasteiger partial charge on any atom is -0.496 e. The van der Waals surface area contributed by atoms with Crippen LogP contribution >= 0.6 is 11.6 Å². The highest BCUT2D eigenvalue weighted by Crippen LogP contribution is 2.28. The van der Waals surface area contributed by atoms with Crippen LogP contribution < -0.4 is 19.5 Å². The van der Waals surface area contributed by atoms with E-state index in [9.17, 15) is 13.2 Å². The molecule has 2 N–H and O–H groups in total. The summed E-state index contributed by atoms with van der Waals surface area (Å²) in [6.45, 7) is 3.91. The summed E-state index contributed by atoms with van der Waals surface area (Å²) in [4.78, 5) is 12.3. The predicted octanol–water partition coefficient (Wildman–Crippen LogP) is 3.68. The number of hydrogen-bond donors (Lipinski definition) is 2. The Balaban J connectivity index is 1.96. The fourth-order valence-electron chi connectivity index (χ4n) is 2.76. The average Bonchev–Trinajstić information content (AvgIpc) is 2.72. The SMILES string of the molecule is CCCCNS(=O)(=O)c1ccc(OCC(=O)NC(C)c2ccccc2OC)c(Cl)c1. The quantitative estimate of drug-likeness (QED) is 0.505. The van der Waals surface area contributed by atoms with Gasteiger partial charge >= 0.3 is 0 Å². The largest absolute Gasteiger partial charge is 0.496 e. The third-order valence-electron chi connectivity index (χ3n) is 4.38. The number of ether oxygens (including phenoxy) is 2. The summed E-state index contributed by atoms with van der Waals surface area (Å²) in [7, 11) is -2.07. The third-order valence-corrected chi connectivity index (χ3v) is 6.13. The van der Waals surface area contributed by atoms with E-state index >= 15 is 0 Å². The van der Waals surface area contributed by atoms with Crippen LogP contribution in [0, 0.1) is 0 Å². The zero-order valence-corrected chi connectivity index (χ0v) is 18.8. The summed E-state index contributed by atoms with van der Waals surface area (Å²) in [5.74, 6) is 0.560. The van der Waals surface area contributed by atoms with Crippen LogP contribution in [0.25, 0.3) is 0 Å². The lowest BCUT2D eigenvalue weighted by atomic mass is 10.1. The molecule has 0 bridgehead atoms. The molecule has 1 atom stereocenters. The molecule has 0 saturated heterocycles. The van der Waals surface area contributed by atoms with Gasteiger partial charge in [-0.2, -0.15) is 0 Å². The van der Waals surface area contributed by atoms with Crippen LogP contribution in [0.4, 0.5) is 0 Å². The first-order valence-electron chi connectivity index (χ1n) is 9.62. The molecule has 1 amide bonds. The number of unbranched alkanes of at least 4 members (excludes halogenated alkanes) is 1. The fraction of sp³-hybridized carbons (Fsp3) is 0.381. The smallest absolute Gasteiger partial charge is 0.258 e. The van der Waals surface area contributed by atoms with Gasteiger partial charge in [-0.25, -0.2) is 13.1 Å². The van der Waals surface area contributed by atoms with Gasteiger partial charge in [-0.3, -0.25) is 4.79 Å². The molecule has 0 radical (unpaired) electrons. The van der Waals surface area contributed by atoms with Crippen molar-refractivity contribution in [3.8, 4) is 11.5 Å².